The van der Waals surface area contributed by atoms with Crippen molar-refractivity contribution in [2.45, 2.75) is 18.3 Å². The van der Waals surface area contributed by atoms with Crippen LogP contribution in [0.25, 0.3) is 0 Å². The van der Waals surface area contributed by atoms with E-state index in [1.165, 1.54) is 4.90 Å². The van der Waals surface area contributed by atoms with E-state index in [0.29, 0.717) is 6.54 Å². The van der Waals surface area contributed by atoms with Gasteiger partial charge in [0, 0.05) is 23.6 Å². The molecule has 1 aliphatic rings. The van der Waals surface area contributed by atoms with E-state index in [-0.39, 0.29) is 30.2 Å². The molecular weight excluding hydrogens is 264 g/mol. The van der Waals surface area contributed by atoms with E-state index in [1.807, 2.05) is 30.3 Å². The number of nitrogens with one attached hydrogen (secondary N) is 1. The minimum atomic E-state index is -1.11. The molecule has 0 spiro atoms. The third kappa shape index (κ3) is 3.41. The second-order valence-electron chi connectivity index (χ2n) is 4.44. The summed E-state index contributed by atoms with van der Waals surface area (Å²) in [5, 5.41) is 2.44. The maximum absolute atomic E-state index is 11.7. The fourth-order valence-corrected chi connectivity index (χ4v) is 2.85. The van der Waals surface area contributed by atoms with E-state index in [0.717, 1.165) is 5.56 Å². The average molecular weight is 280 g/mol. The molecule has 2 rings (SSSR count). The Hall–Kier alpha value is -1.69. The van der Waals surface area contributed by atoms with E-state index >= 15 is 0 Å². The van der Waals surface area contributed by atoms with Crippen molar-refractivity contribution in [2.75, 3.05) is 12.8 Å². The van der Waals surface area contributed by atoms with Crippen molar-refractivity contribution in [3.8, 4) is 0 Å². The summed E-state index contributed by atoms with van der Waals surface area (Å²) in [6.45, 7) is 0.414. The number of amides is 2. The minimum absolute atomic E-state index is 0.0179. The first kappa shape index (κ1) is 13.7. The normalized spacial score (nSPS) is 19.7. The molecular formula is C13H16N2O3S. The molecule has 19 heavy (non-hydrogen) atoms. The van der Waals surface area contributed by atoms with Crippen LogP contribution in [-0.2, 0) is 26.9 Å². The van der Waals surface area contributed by atoms with Gasteiger partial charge in [0.15, 0.2) is 0 Å². The number of β-lactam (4-membered cyclic amide) rings is 1. The van der Waals surface area contributed by atoms with Crippen LogP contribution in [0.5, 0.6) is 0 Å². The molecule has 2 atom stereocenters. The van der Waals surface area contributed by atoms with E-state index in [9.17, 15) is 13.8 Å². The Kier molecular flexibility index (Phi) is 4.31. The van der Waals surface area contributed by atoms with Crippen molar-refractivity contribution >= 4 is 22.6 Å². The lowest BCUT2D eigenvalue weighted by atomic mass is 10.2. The van der Waals surface area contributed by atoms with E-state index in [1.54, 1.807) is 6.26 Å². The molecule has 0 aliphatic carbocycles. The number of carbonyl (C=O) groups is 2. The predicted octanol–water partition coefficient (Wildman–Crippen LogP) is 0.240. The van der Waals surface area contributed by atoms with Crippen LogP contribution in [0.3, 0.4) is 0 Å². The smallest absolute Gasteiger partial charge is 0.239 e. The average Bonchev–Trinajstić information content (AvgIpc) is 2.40. The van der Waals surface area contributed by atoms with Crippen LogP contribution < -0.4 is 5.32 Å². The molecule has 1 aromatic carbocycles. The number of hydrogen-bond donors (Lipinski definition) is 1. The summed E-state index contributed by atoms with van der Waals surface area (Å²) in [5.41, 5.74) is 1.00. The standard InChI is InChI=1S/C13H16N2O3S/c1-19(18)13-7-12(17)15(13)9-11(16)14-8-10-5-3-2-4-6-10/h2-6,13H,7-9H2,1H3,(H,14,16). The summed E-state index contributed by atoms with van der Waals surface area (Å²) in [4.78, 5) is 24.5. The highest BCUT2D eigenvalue weighted by molar-refractivity contribution is 7.85. The summed E-state index contributed by atoms with van der Waals surface area (Å²) in [7, 11) is -1.11. The number of hydrogen-bond acceptors (Lipinski definition) is 3. The van der Waals surface area contributed by atoms with Crippen molar-refractivity contribution in [3.63, 3.8) is 0 Å². The number of nitrogens with zero attached hydrogens (tertiary/aromatic N) is 1. The molecule has 1 aliphatic heterocycles. The summed E-state index contributed by atoms with van der Waals surface area (Å²) in [6.07, 6.45) is 1.82. The fraction of sp³-hybridized carbons (Fsp3) is 0.385. The molecule has 102 valence electrons. The Labute approximate surface area is 114 Å². The zero-order chi connectivity index (χ0) is 13.8. The highest BCUT2D eigenvalue weighted by Crippen LogP contribution is 2.20. The number of likely N-dealkylation sites (tertiary alicyclic amines) is 1. The molecule has 0 radical (unpaired) electrons. The molecule has 6 heteroatoms. The first-order chi connectivity index (χ1) is 9.08. The Bertz CT molecular complexity index is 504. The number of benzene rings is 1. The highest BCUT2D eigenvalue weighted by atomic mass is 32.2. The Balaban J connectivity index is 1.81. The summed E-state index contributed by atoms with van der Waals surface area (Å²) in [5.74, 6) is -0.345. The lowest BCUT2D eigenvalue weighted by Crippen LogP contribution is -2.57. The van der Waals surface area contributed by atoms with Gasteiger partial charge in [0.25, 0.3) is 0 Å². The van der Waals surface area contributed by atoms with Crippen LogP contribution in [0.15, 0.2) is 30.3 Å². The van der Waals surface area contributed by atoms with E-state index < -0.39 is 10.8 Å². The lowest BCUT2D eigenvalue weighted by Gasteiger charge is -2.38. The first-order valence-corrected chi connectivity index (χ1v) is 7.62. The van der Waals surface area contributed by atoms with E-state index in [4.69, 9.17) is 0 Å². The Morgan fingerprint density at radius 2 is 2.11 bits per heavy atom. The third-order valence-electron chi connectivity index (χ3n) is 3.05. The van der Waals surface area contributed by atoms with Gasteiger partial charge in [-0.05, 0) is 5.56 Å². The second-order valence-corrected chi connectivity index (χ2v) is 5.98. The quantitative estimate of drug-likeness (QED) is 0.786. The number of rotatable bonds is 5. The van der Waals surface area contributed by atoms with Crippen molar-refractivity contribution in [3.05, 3.63) is 35.9 Å². The van der Waals surface area contributed by atoms with Gasteiger partial charge in [-0.3, -0.25) is 13.8 Å². The van der Waals surface area contributed by atoms with Gasteiger partial charge in [-0.2, -0.15) is 0 Å². The molecule has 1 aromatic rings. The van der Waals surface area contributed by atoms with Gasteiger partial charge in [0.05, 0.1) is 6.42 Å². The first-order valence-electron chi connectivity index (χ1n) is 6.00. The third-order valence-corrected chi connectivity index (χ3v) is 4.23. The van der Waals surface area contributed by atoms with Gasteiger partial charge in [0.2, 0.25) is 11.8 Å². The molecule has 1 N–H and O–H groups in total. The molecule has 2 amide bonds. The molecule has 1 saturated heterocycles. The minimum Gasteiger partial charge on any atom is -0.350 e. The largest absolute Gasteiger partial charge is 0.350 e. The SMILES string of the molecule is CS(=O)C1CC(=O)N1CC(=O)NCc1ccccc1. The molecule has 0 bridgehead atoms. The van der Waals surface area contributed by atoms with Crippen LogP contribution in [0, 0.1) is 0 Å². The fourth-order valence-electron chi connectivity index (χ4n) is 1.92. The van der Waals surface area contributed by atoms with Crippen LogP contribution in [0.2, 0.25) is 0 Å². The van der Waals surface area contributed by atoms with Crippen molar-refractivity contribution in [2.24, 2.45) is 0 Å². The van der Waals surface area contributed by atoms with Gasteiger partial charge in [-0.1, -0.05) is 30.3 Å². The van der Waals surface area contributed by atoms with Gasteiger partial charge < -0.3 is 10.2 Å². The lowest BCUT2D eigenvalue weighted by molar-refractivity contribution is -0.145. The van der Waals surface area contributed by atoms with Gasteiger partial charge >= 0.3 is 0 Å². The second kappa shape index (κ2) is 5.97. The van der Waals surface area contributed by atoms with Crippen LogP contribution in [-0.4, -0.2) is 39.1 Å². The van der Waals surface area contributed by atoms with Crippen molar-refractivity contribution in [1.29, 1.82) is 0 Å². The molecule has 5 nitrogen and oxygen atoms in total. The molecule has 1 heterocycles. The van der Waals surface area contributed by atoms with Crippen molar-refractivity contribution in [1.82, 2.24) is 10.2 Å². The Morgan fingerprint density at radius 3 is 2.68 bits per heavy atom. The molecule has 0 saturated carbocycles. The summed E-state index contributed by atoms with van der Waals surface area (Å²) < 4.78 is 11.3. The van der Waals surface area contributed by atoms with E-state index in [2.05, 4.69) is 5.32 Å². The molecule has 2 unspecified atom stereocenters. The van der Waals surface area contributed by atoms with Gasteiger partial charge in [-0.25, -0.2) is 0 Å². The zero-order valence-corrected chi connectivity index (χ0v) is 11.5. The van der Waals surface area contributed by atoms with Crippen LogP contribution >= 0.6 is 0 Å². The maximum Gasteiger partial charge on any atom is 0.239 e. The summed E-state index contributed by atoms with van der Waals surface area (Å²) >= 11 is 0. The van der Waals surface area contributed by atoms with Crippen LogP contribution in [0.1, 0.15) is 12.0 Å². The predicted molar refractivity (Wildman–Crippen MR) is 72.5 cm³/mol. The van der Waals surface area contributed by atoms with Gasteiger partial charge in [0.1, 0.15) is 11.9 Å². The molecule has 1 fully saturated rings. The maximum atomic E-state index is 11.7. The monoisotopic (exact) mass is 280 g/mol. The zero-order valence-electron chi connectivity index (χ0n) is 10.7. The van der Waals surface area contributed by atoms with Crippen molar-refractivity contribution < 1.29 is 13.8 Å². The van der Waals surface area contributed by atoms with Crippen LogP contribution in [0.4, 0.5) is 0 Å². The topological polar surface area (TPSA) is 66.5 Å². The molecule has 0 aromatic heterocycles. The highest BCUT2D eigenvalue weighted by Gasteiger charge is 2.39. The summed E-state index contributed by atoms with van der Waals surface area (Å²) in [6, 6.07) is 9.54. The van der Waals surface area contributed by atoms with Gasteiger partial charge in [-0.15, -0.1) is 0 Å². The Morgan fingerprint density at radius 1 is 1.42 bits per heavy atom. The number of carbonyl (C=O) groups excluding carboxylic acids is 2.